The van der Waals surface area contributed by atoms with E-state index >= 15 is 0 Å². The summed E-state index contributed by atoms with van der Waals surface area (Å²) in [5.41, 5.74) is 8.81. The number of halogens is 1. The molecule has 0 aliphatic carbocycles. The zero-order valence-electron chi connectivity index (χ0n) is 7.57. The van der Waals surface area contributed by atoms with Gasteiger partial charge in [-0.15, -0.1) is 0 Å². The topological polar surface area (TPSA) is 26.0 Å². The lowest BCUT2D eigenvalue weighted by atomic mass is 10.1. The number of benzene rings is 2. The van der Waals surface area contributed by atoms with Gasteiger partial charge < -0.3 is 5.73 Å². The fraction of sp³-hybridized carbons (Fsp3) is 0. The van der Waals surface area contributed by atoms with E-state index in [2.05, 4.69) is 28.1 Å². The van der Waals surface area contributed by atoms with E-state index in [1.807, 2.05) is 36.4 Å². The summed E-state index contributed by atoms with van der Waals surface area (Å²) >= 11 is 3.41. The zero-order chi connectivity index (χ0) is 9.97. The van der Waals surface area contributed by atoms with Crippen molar-refractivity contribution in [3.05, 3.63) is 53.0 Å². The molecule has 0 aliphatic rings. The lowest BCUT2D eigenvalue weighted by molar-refractivity contribution is 1.59. The number of anilines is 1. The second-order valence-electron chi connectivity index (χ2n) is 3.13. The van der Waals surface area contributed by atoms with Gasteiger partial charge in [0.2, 0.25) is 0 Å². The number of hydrogen-bond donors (Lipinski definition) is 1. The van der Waals surface area contributed by atoms with Crippen LogP contribution in [0.15, 0.2) is 53.0 Å². The molecule has 0 spiro atoms. The van der Waals surface area contributed by atoms with Gasteiger partial charge in [0, 0.05) is 10.2 Å². The molecule has 0 aliphatic heterocycles. The van der Waals surface area contributed by atoms with Crippen LogP contribution >= 0.6 is 15.9 Å². The summed E-state index contributed by atoms with van der Waals surface area (Å²) in [6, 6.07) is 16.1. The lowest BCUT2D eigenvalue weighted by Gasteiger charge is -2.01. The number of nitrogens with two attached hydrogens (primary N) is 1. The van der Waals surface area contributed by atoms with Gasteiger partial charge in [-0.3, -0.25) is 0 Å². The van der Waals surface area contributed by atoms with Crippen LogP contribution in [0.3, 0.4) is 0 Å². The smallest absolute Gasteiger partial charge is 0.0314 e. The van der Waals surface area contributed by atoms with Crippen molar-refractivity contribution in [1.82, 2.24) is 0 Å². The summed E-state index contributed by atoms with van der Waals surface area (Å²) < 4.78 is 1.09. The Morgan fingerprint density at radius 2 is 1.14 bits per heavy atom. The van der Waals surface area contributed by atoms with Crippen LogP contribution in [0.2, 0.25) is 0 Å². The van der Waals surface area contributed by atoms with E-state index < -0.39 is 0 Å². The lowest BCUT2D eigenvalue weighted by Crippen LogP contribution is -1.83. The first-order chi connectivity index (χ1) is 6.75. The fourth-order valence-corrected chi connectivity index (χ4v) is 1.58. The molecule has 0 saturated heterocycles. The second-order valence-corrected chi connectivity index (χ2v) is 4.04. The van der Waals surface area contributed by atoms with E-state index in [9.17, 15) is 0 Å². The molecular weight excluding hydrogens is 238 g/mol. The molecule has 0 radical (unpaired) electrons. The van der Waals surface area contributed by atoms with Crippen molar-refractivity contribution >= 4 is 21.6 Å². The molecular formula is C12H10BrN. The van der Waals surface area contributed by atoms with Crippen LogP contribution in [-0.2, 0) is 0 Å². The van der Waals surface area contributed by atoms with E-state index in [0.717, 1.165) is 10.2 Å². The van der Waals surface area contributed by atoms with Crippen molar-refractivity contribution in [1.29, 1.82) is 0 Å². The third-order valence-corrected chi connectivity index (χ3v) is 2.62. The Hall–Kier alpha value is -1.28. The van der Waals surface area contributed by atoms with Crippen LogP contribution in [0.1, 0.15) is 0 Å². The molecule has 0 bridgehead atoms. The molecule has 0 atom stereocenters. The van der Waals surface area contributed by atoms with Crippen LogP contribution in [-0.4, -0.2) is 0 Å². The predicted octanol–water partition coefficient (Wildman–Crippen LogP) is 3.70. The van der Waals surface area contributed by atoms with E-state index in [0.29, 0.717) is 0 Å². The number of rotatable bonds is 1. The van der Waals surface area contributed by atoms with Crippen LogP contribution in [0, 0.1) is 0 Å². The first-order valence-corrected chi connectivity index (χ1v) is 5.16. The fourth-order valence-electron chi connectivity index (χ4n) is 1.32. The Bertz CT molecular complexity index is 374. The summed E-state index contributed by atoms with van der Waals surface area (Å²) in [7, 11) is 0. The SMILES string of the molecule is Nc1ccc(-c2ccc(Br)cc2)cc1. The molecule has 2 aromatic rings. The van der Waals surface area contributed by atoms with Crippen molar-refractivity contribution in [3.8, 4) is 11.1 Å². The highest BCUT2D eigenvalue weighted by Crippen LogP contribution is 2.22. The van der Waals surface area contributed by atoms with Crippen molar-refractivity contribution in [2.75, 3.05) is 5.73 Å². The first-order valence-electron chi connectivity index (χ1n) is 4.37. The van der Waals surface area contributed by atoms with E-state index in [-0.39, 0.29) is 0 Å². The Labute approximate surface area is 91.7 Å². The Balaban J connectivity index is 2.40. The van der Waals surface area contributed by atoms with Gasteiger partial charge in [-0.2, -0.15) is 0 Å². The predicted molar refractivity (Wildman–Crippen MR) is 64.0 cm³/mol. The molecule has 70 valence electrons. The summed E-state index contributed by atoms with van der Waals surface area (Å²) in [5, 5.41) is 0. The summed E-state index contributed by atoms with van der Waals surface area (Å²) in [6.45, 7) is 0. The summed E-state index contributed by atoms with van der Waals surface area (Å²) in [6.07, 6.45) is 0. The van der Waals surface area contributed by atoms with E-state index in [1.54, 1.807) is 0 Å². The van der Waals surface area contributed by atoms with Gasteiger partial charge in [0.15, 0.2) is 0 Å². The maximum atomic E-state index is 5.62. The first kappa shape index (κ1) is 9.28. The molecule has 0 amide bonds. The highest BCUT2D eigenvalue weighted by Gasteiger charge is 1.96. The van der Waals surface area contributed by atoms with Gasteiger partial charge in [0.25, 0.3) is 0 Å². The summed E-state index contributed by atoms with van der Waals surface area (Å²) in [5.74, 6) is 0. The average Bonchev–Trinajstić information content (AvgIpc) is 2.21. The number of hydrogen-bond acceptors (Lipinski definition) is 1. The number of nitrogen functional groups attached to an aromatic ring is 1. The molecule has 0 fully saturated rings. The van der Waals surface area contributed by atoms with E-state index in [4.69, 9.17) is 5.73 Å². The minimum Gasteiger partial charge on any atom is -0.399 e. The van der Waals surface area contributed by atoms with Crippen LogP contribution in [0.4, 0.5) is 5.69 Å². The minimum absolute atomic E-state index is 0.797. The molecule has 2 N–H and O–H groups in total. The van der Waals surface area contributed by atoms with Gasteiger partial charge in [0.05, 0.1) is 0 Å². The molecule has 14 heavy (non-hydrogen) atoms. The largest absolute Gasteiger partial charge is 0.399 e. The molecule has 1 nitrogen and oxygen atoms in total. The van der Waals surface area contributed by atoms with Crippen molar-refractivity contribution in [2.24, 2.45) is 0 Å². The monoisotopic (exact) mass is 247 g/mol. The summed E-state index contributed by atoms with van der Waals surface area (Å²) in [4.78, 5) is 0. The molecule has 0 aromatic heterocycles. The zero-order valence-corrected chi connectivity index (χ0v) is 9.16. The van der Waals surface area contributed by atoms with Crippen LogP contribution in [0.5, 0.6) is 0 Å². The van der Waals surface area contributed by atoms with Crippen molar-refractivity contribution in [2.45, 2.75) is 0 Å². The molecule has 2 heteroatoms. The Morgan fingerprint density at radius 1 is 0.714 bits per heavy atom. The molecule has 0 heterocycles. The second kappa shape index (κ2) is 3.84. The van der Waals surface area contributed by atoms with Gasteiger partial charge in [0.1, 0.15) is 0 Å². The molecule has 0 saturated carbocycles. The molecule has 2 rings (SSSR count). The Morgan fingerprint density at radius 3 is 1.64 bits per heavy atom. The van der Waals surface area contributed by atoms with Gasteiger partial charge in [-0.1, -0.05) is 40.2 Å². The maximum Gasteiger partial charge on any atom is 0.0314 e. The van der Waals surface area contributed by atoms with E-state index in [1.165, 1.54) is 11.1 Å². The highest BCUT2D eigenvalue weighted by atomic mass is 79.9. The van der Waals surface area contributed by atoms with Gasteiger partial charge in [-0.25, -0.2) is 0 Å². The molecule has 0 unspecified atom stereocenters. The van der Waals surface area contributed by atoms with Crippen molar-refractivity contribution in [3.63, 3.8) is 0 Å². The standard InChI is InChI=1S/C12H10BrN/c13-11-5-1-9(2-6-11)10-3-7-12(14)8-4-10/h1-8H,14H2. The highest BCUT2D eigenvalue weighted by molar-refractivity contribution is 9.10. The third kappa shape index (κ3) is 1.96. The van der Waals surface area contributed by atoms with Crippen molar-refractivity contribution < 1.29 is 0 Å². The molecule has 2 aromatic carbocycles. The third-order valence-electron chi connectivity index (χ3n) is 2.09. The maximum absolute atomic E-state index is 5.62. The van der Waals surface area contributed by atoms with Gasteiger partial charge >= 0.3 is 0 Å². The van der Waals surface area contributed by atoms with Crippen LogP contribution in [0.25, 0.3) is 11.1 Å². The van der Waals surface area contributed by atoms with Gasteiger partial charge in [-0.05, 0) is 35.4 Å². The minimum atomic E-state index is 0.797. The normalized spacial score (nSPS) is 10.1. The average molecular weight is 248 g/mol. The van der Waals surface area contributed by atoms with Crippen LogP contribution < -0.4 is 5.73 Å². The Kier molecular flexibility index (Phi) is 2.55. The quantitative estimate of drug-likeness (QED) is 0.765.